The van der Waals surface area contributed by atoms with Gasteiger partial charge in [-0.2, -0.15) is 0 Å². The molecular formula is C10H11ClN2O4S. The molecule has 3 N–H and O–H groups in total. The highest BCUT2D eigenvalue weighted by Crippen LogP contribution is 2.31. The Hall–Kier alpha value is -1.31. The molecule has 1 atom stereocenters. The third kappa shape index (κ3) is 2.43. The van der Waals surface area contributed by atoms with Gasteiger partial charge in [0.25, 0.3) is 0 Å². The fraction of sp³-hybridized carbons (Fsp3) is 0.300. The molecule has 1 aromatic rings. The number of sulfonamides is 1. The van der Waals surface area contributed by atoms with Gasteiger partial charge in [0.1, 0.15) is 11.0 Å². The molecule has 0 bridgehead atoms. The van der Waals surface area contributed by atoms with Crippen LogP contribution in [-0.2, 0) is 14.8 Å². The highest BCUT2D eigenvalue weighted by Gasteiger charge is 2.37. The number of hydrogen-bond acceptors (Lipinski definition) is 4. The number of amides is 1. The summed E-state index contributed by atoms with van der Waals surface area (Å²) in [5, 5.41) is 13.7. The van der Waals surface area contributed by atoms with E-state index in [1.165, 1.54) is 23.1 Å². The first-order valence-corrected chi connectivity index (χ1v) is 7.08. The van der Waals surface area contributed by atoms with E-state index in [4.69, 9.17) is 16.7 Å². The standard InChI is InChI=1S/C10H11ClN2O4S/c11-8-2-1-6(3-9(8)14)13-5-7(4-10(13)15)18(12,16)17/h1-3,7,14H,4-5H2,(H2,12,16,17). The summed E-state index contributed by atoms with van der Waals surface area (Å²) in [6.07, 6.45) is -0.151. The lowest BCUT2D eigenvalue weighted by Crippen LogP contribution is -2.32. The van der Waals surface area contributed by atoms with Crippen molar-refractivity contribution in [2.75, 3.05) is 11.4 Å². The second-order valence-electron chi connectivity index (χ2n) is 4.06. The fourth-order valence-electron chi connectivity index (χ4n) is 1.81. The second kappa shape index (κ2) is 4.42. The normalized spacial score (nSPS) is 20.4. The molecule has 6 nitrogen and oxygen atoms in total. The molecule has 0 aliphatic carbocycles. The molecule has 0 aromatic heterocycles. The minimum atomic E-state index is -3.75. The van der Waals surface area contributed by atoms with E-state index in [0.29, 0.717) is 5.69 Å². The molecule has 8 heteroatoms. The fourth-order valence-corrected chi connectivity index (χ4v) is 2.66. The summed E-state index contributed by atoms with van der Waals surface area (Å²) in [5.41, 5.74) is 0.396. The Kier molecular flexibility index (Phi) is 3.22. The second-order valence-corrected chi connectivity index (χ2v) is 6.31. The molecule has 1 aliphatic rings. The zero-order valence-electron chi connectivity index (χ0n) is 9.21. The van der Waals surface area contributed by atoms with E-state index < -0.39 is 15.3 Å². The van der Waals surface area contributed by atoms with E-state index in [1.54, 1.807) is 0 Å². The maximum absolute atomic E-state index is 11.7. The number of benzene rings is 1. The van der Waals surface area contributed by atoms with Crippen molar-refractivity contribution < 1.29 is 18.3 Å². The predicted octanol–water partition coefficient (Wildman–Crippen LogP) is 0.439. The molecule has 1 aromatic carbocycles. The smallest absolute Gasteiger partial charge is 0.228 e. The van der Waals surface area contributed by atoms with Gasteiger partial charge in [0.05, 0.1) is 5.02 Å². The Labute approximate surface area is 109 Å². The lowest BCUT2D eigenvalue weighted by atomic mass is 10.3. The van der Waals surface area contributed by atoms with Gasteiger partial charge in [-0.05, 0) is 12.1 Å². The summed E-state index contributed by atoms with van der Waals surface area (Å²) < 4.78 is 22.4. The molecule has 1 heterocycles. The Bertz CT molecular complexity index is 602. The summed E-state index contributed by atoms with van der Waals surface area (Å²) in [6, 6.07) is 4.28. The Morgan fingerprint density at radius 2 is 2.11 bits per heavy atom. The number of hydrogen-bond donors (Lipinski definition) is 2. The first-order valence-electron chi connectivity index (χ1n) is 5.09. The summed E-state index contributed by atoms with van der Waals surface area (Å²) in [7, 11) is -3.75. The highest BCUT2D eigenvalue weighted by molar-refractivity contribution is 7.89. The summed E-state index contributed by atoms with van der Waals surface area (Å²) in [6.45, 7) is -0.0151. The van der Waals surface area contributed by atoms with Crippen LogP contribution < -0.4 is 10.0 Å². The molecule has 0 saturated carbocycles. The number of halogens is 1. The Morgan fingerprint density at radius 3 is 2.61 bits per heavy atom. The molecule has 1 amide bonds. The molecule has 0 radical (unpaired) electrons. The van der Waals surface area contributed by atoms with Gasteiger partial charge in [-0.1, -0.05) is 11.6 Å². The van der Waals surface area contributed by atoms with E-state index in [0.717, 1.165) is 0 Å². The van der Waals surface area contributed by atoms with Crippen molar-refractivity contribution in [3.8, 4) is 5.75 Å². The number of carbonyl (C=O) groups excluding carboxylic acids is 1. The number of phenols is 1. The molecule has 1 saturated heterocycles. The molecule has 18 heavy (non-hydrogen) atoms. The Morgan fingerprint density at radius 1 is 1.44 bits per heavy atom. The average molecular weight is 291 g/mol. The summed E-state index contributed by atoms with van der Waals surface area (Å²) in [5.74, 6) is -0.517. The van der Waals surface area contributed by atoms with E-state index >= 15 is 0 Å². The maximum Gasteiger partial charge on any atom is 0.228 e. The number of nitrogens with zero attached hydrogens (tertiary/aromatic N) is 1. The molecule has 0 spiro atoms. The zero-order valence-corrected chi connectivity index (χ0v) is 10.8. The zero-order chi connectivity index (χ0) is 13.5. The highest BCUT2D eigenvalue weighted by atomic mass is 35.5. The molecular weight excluding hydrogens is 280 g/mol. The van der Waals surface area contributed by atoms with Crippen molar-refractivity contribution in [2.45, 2.75) is 11.7 Å². The lowest BCUT2D eigenvalue weighted by molar-refractivity contribution is -0.117. The first kappa shape index (κ1) is 13.1. The minimum absolute atomic E-state index is 0.0151. The molecule has 2 rings (SSSR count). The van der Waals surface area contributed by atoms with Gasteiger partial charge in [-0.3, -0.25) is 4.79 Å². The van der Waals surface area contributed by atoms with Gasteiger partial charge >= 0.3 is 0 Å². The number of phenolic OH excluding ortho intramolecular Hbond substituents is 1. The number of anilines is 1. The molecule has 1 fully saturated rings. The van der Waals surface area contributed by atoms with Gasteiger partial charge in [0, 0.05) is 24.7 Å². The largest absolute Gasteiger partial charge is 0.506 e. The van der Waals surface area contributed by atoms with Gasteiger partial charge < -0.3 is 10.0 Å². The third-order valence-corrected chi connectivity index (χ3v) is 4.36. The molecule has 1 unspecified atom stereocenters. The van der Waals surface area contributed by atoms with Gasteiger partial charge in [0.15, 0.2) is 0 Å². The maximum atomic E-state index is 11.7. The minimum Gasteiger partial charge on any atom is -0.506 e. The number of aromatic hydroxyl groups is 1. The van der Waals surface area contributed by atoms with Gasteiger partial charge in [0.2, 0.25) is 15.9 Å². The SMILES string of the molecule is NS(=O)(=O)C1CC(=O)N(c2ccc(Cl)c(O)c2)C1. The van der Waals surface area contributed by atoms with Crippen LogP contribution in [0.25, 0.3) is 0 Å². The lowest BCUT2D eigenvalue weighted by Gasteiger charge is -2.16. The van der Waals surface area contributed by atoms with Crippen molar-refractivity contribution in [1.29, 1.82) is 0 Å². The quantitative estimate of drug-likeness (QED) is 0.825. The van der Waals surface area contributed by atoms with Crippen molar-refractivity contribution in [3.63, 3.8) is 0 Å². The first-order chi connectivity index (χ1) is 8.29. The molecule has 1 aliphatic heterocycles. The van der Waals surface area contributed by atoms with Crippen molar-refractivity contribution in [3.05, 3.63) is 23.2 Å². The van der Waals surface area contributed by atoms with Gasteiger partial charge in [-0.25, -0.2) is 13.6 Å². The van der Waals surface area contributed by atoms with Crippen LogP contribution in [0.2, 0.25) is 5.02 Å². The van der Waals surface area contributed by atoms with E-state index in [-0.39, 0.29) is 29.6 Å². The van der Waals surface area contributed by atoms with Crippen LogP contribution in [0.1, 0.15) is 6.42 Å². The monoisotopic (exact) mass is 290 g/mol. The van der Waals surface area contributed by atoms with Crippen molar-refractivity contribution >= 4 is 33.2 Å². The predicted molar refractivity (Wildman–Crippen MR) is 67.0 cm³/mol. The average Bonchev–Trinajstić information content (AvgIpc) is 2.64. The third-order valence-electron chi connectivity index (χ3n) is 2.80. The van der Waals surface area contributed by atoms with Crippen molar-refractivity contribution in [2.24, 2.45) is 5.14 Å². The summed E-state index contributed by atoms with van der Waals surface area (Å²) in [4.78, 5) is 13.0. The number of primary sulfonamides is 1. The van der Waals surface area contributed by atoms with E-state index in [2.05, 4.69) is 0 Å². The van der Waals surface area contributed by atoms with E-state index in [9.17, 15) is 18.3 Å². The topological polar surface area (TPSA) is 101 Å². The van der Waals surface area contributed by atoms with Crippen molar-refractivity contribution in [1.82, 2.24) is 0 Å². The Balaban J connectivity index is 2.30. The van der Waals surface area contributed by atoms with Crippen LogP contribution in [0.15, 0.2) is 18.2 Å². The molecule has 98 valence electrons. The van der Waals surface area contributed by atoms with Crippen LogP contribution in [0.4, 0.5) is 5.69 Å². The number of nitrogens with two attached hydrogens (primary N) is 1. The van der Waals surface area contributed by atoms with Crippen LogP contribution in [0, 0.1) is 0 Å². The van der Waals surface area contributed by atoms with E-state index in [1.807, 2.05) is 0 Å². The summed E-state index contributed by atoms with van der Waals surface area (Å²) >= 11 is 5.66. The van der Waals surface area contributed by atoms with Crippen LogP contribution in [0.5, 0.6) is 5.75 Å². The van der Waals surface area contributed by atoms with Gasteiger partial charge in [-0.15, -0.1) is 0 Å². The van der Waals surface area contributed by atoms with Crippen LogP contribution in [0.3, 0.4) is 0 Å². The van der Waals surface area contributed by atoms with Crippen LogP contribution in [-0.4, -0.2) is 31.2 Å². The number of rotatable bonds is 2. The van der Waals surface area contributed by atoms with Crippen LogP contribution >= 0.6 is 11.6 Å². The number of carbonyl (C=O) groups is 1.